The van der Waals surface area contributed by atoms with Gasteiger partial charge in [-0.3, -0.25) is 19.5 Å². The third-order valence-electron chi connectivity index (χ3n) is 4.01. The first-order valence-corrected chi connectivity index (χ1v) is 9.13. The van der Waals surface area contributed by atoms with Crippen LogP contribution in [0.15, 0.2) is 51.9 Å². The maximum absolute atomic E-state index is 12.9. The fourth-order valence-corrected chi connectivity index (χ4v) is 3.13. The zero-order chi connectivity index (χ0) is 18.8. The molecule has 1 fully saturated rings. The second-order valence-corrected chi connectivity index (χ2v) is 7.29. The van der Waals surface area contributed by atoms with Gasteiger partial charge in [-0.1, -0.05) is 28.1 Å². The van der Waals surface area contributed by atoms with E-state index in [4.69, 9.17) is 12.2 Å². The molecule has 1 atom stereocenters. The van der Waals surface area contributed by atoms with Gasteiger partial charge in [0.1, 0.15) is 0 Å². The average molecular weight is 430 g/mol. The second kappa shape index (κ2) is 7.47. The van der Waals surface area contributed by atoms with E-state index >= 15 is 0 Å². The molecule has 1 heterocycles. The van der Waals surface area contributed by atoms with Gasteiger partial charge in [-0.25, -0.2) is 0 Å². The Bertz CT molecular complexity index is 925. The van der Waals surface area contributed by atoms with Crippen LogP contribution in [0.5, 0.6) is 0 Å². The Labute approximate surface area is 165 Å². The van der Waals surface area contributed by atoms with Gasteiger partial charge in [-0.05, 0) is 67.5 Å². The highest BCUT2D eigenvalue weighted by molar-refractivity contribution is 9.10. The van der Waals surface area contributed by atoms with Gasteiger partial charge in [0, 0.05) is 10.7 Å². The molecule has 1 saturated heterocycles. The van der Waals surface area contributed by atoms with Crippen molar-refractivity contribution < 1.29 is 9.59 Å². The van der Waals surface area contributed by atoms with E-state index in [1.165, 1.54) is 11.1 Å². The van der Waals surface area contributed by atoms with Gasteiger partial charge in [-0.2, -0.15) is 0 Å². The molecular weight excluding hydrogens is 414 g/mol. The SMILES string of the molecule is Cc1ccc(C)c(N=C[C@@H]2C(=O)NC(=S)N(c3ccc(Br)cc3)C2=O)c1. The minimum Gasteiger partial charge on any atom is -0.301 e. The summed E-state index contributed by atoms with van der Waals surface area (Å²) < 4.78 is 0.883. The van der Waals surface area contributed by atoms with Crippen molar-refractivity contribution in [2.45, 2.75) is 13.8 Å². The van der Waals surface area contributed by atoms with Crippen molar-refractivity contribution in [1.82, 2.24) is 5.32 Å². The maximum Gasteiger partial charge on any atom is 0.251 e. The lowest BCUT2D eigenvalue weighted by Gasteiger charge is -2.30. The van der Waals surface area contributed by atoms with Crippen LogP contribution in [-0.2, 0) is 9.59 Å². The summed E-state index contributed by atoms with van der Waals surface area (Å²) in [5.41, 5.74) is 3.35. The van der Waals surface area contributed by atoms with E-state index in [-0.39, 0.29) is 5.11 Å². The number of carbonyl (C=O) groups excluding carboxylic acids is 2. The van der Waals surface area contributed by atoms with E-state index < -0.39 is 17.7 Å². The molecule has 0 unspecified atom stereocenters. The highest BCUT2D eigenvalue weighted by Gasteiger charge is 2.38. The van der Waals surface area contributed by atoms with Gasteiger partial charge in [0.05, 0.1) is 11.4 Å². The number of aryl methyl sites for hydroxylation is 2. The molecule has 3 rings (SSSR count). The molecule has 2 amide bonds. The second-order valence-electron chi connectivity index (χ2n) is 5.99. The minimum atomic E-state index is -1.04. The molecule has 0 radical (unpaired) electrons. The quantitative estimate of drug-likeness (QED) is 0.458. The van der Waals surface area contributed by atoms with Gasteiger partial charge in [0.25, 0.3) is 5.91 Å². The number of aliphatic imine (C=N–C) groups is 1. The topological polar surface area (TPSA) is 61.8 Å². The largest absolute Gasteiger partial charge is 0.301 e. The van der Waals surface area contributed by atoms with E-state index in [1.54, 1.807) is 24.3 Å². The molecule has 0 aliphatic carbocycles. The molecule has 0 saturated carbocycles. The molecule has 26 heavy (non-hydrogen) atoms. The Morgan fingerprint density at radius 3 is 2.54 bits per heavy atom. The molecule has 1 aliphatic rings. The molecule has 2 aromatic rings. The minimum absolute atomic E-state index is 0.0682. The predicted octanol–water partition coefficient (Wildman–Crippen LogP) is 3.83. The van der Waals surface area contributed by atoms with E-state index in [9.17, 15) is 9.59 Å². The maximum atomic E-state index is 12.9. The zero-order valence-electron chi connectivity index (χ0n) is 14.2. The molecule has 5 nitrogen and oxygen atoms in total. The molecule has 1 aliphatic heterocycles. The number of nitrogens with zero attached hydrogens (tertiary/aromatic N) is 2. The van der Waals surface area contributed by atoms with Crippen LogP contribution in [-0.4, -0.2) is 23.1 Å². The van der Waals surface area contributed by atoms with Gasteiger partial charge in [0.2, 0.25) is 5.91 Å². The van der Waals surface area contributed by atoms with E-state index in [2.05, 4.69) is 26.2 Å². The first-order valence-electron chi connectivity index (χ1n) is 7.92. The summed E-state index contributed by atoms with van der Waals surface area (Å²) in [6.45, 7) is 3.89. The summed E-state index contributed by atoms with van der Waals surface area (Å²) in [6, 6.07) is 13.0. The van der Waals surface area contributed by atoms with Crippen LogP contribution in [0.1, 0.15) is 11.1 Å². The van der Waals surface area contributed by atoms with Crippen molar-refractivity contribution in [1.29, 1.82) is 0 Å². The van der Waals surface area contributed by atoms with Crippen molar-refractivity contribution >= 4 is 62.7 Å². The number of benzene rings is 2. The normalized spacial score (nSPS) is 17.7. The average Bonchev–Trinajstić information content (AvgIpc) is 2.59. The monoisotopic (exact) mass is 429 g/mol. The van der Waals surface area contributed by atoms with Crippen LogP contribution in [0.25, 0.3) is 0 Å². The van der Waals surface area contributed by atoms with Crippen LogP contribution < -0.4 is 10.2 Å². The van der Waals surface area contributed by atoms with Crippen LogP contribution in [0.4, 0.5) is 11.4 Å². The van der Waals surface area contributed by atoms with Crippen LogP contribution in [0.2, 0.25) is 0 Å². The Morgan fingerprint density at radius 1 is 1.15 bits per heavy atom. The van der Waals surface area contributed by atoms with Gasteiger partial charge < -0.3 is 5.32 Å². The van der Waals surface area contributed by atoms with E-state index in [0.717, 1.165) is 21.3 Å². The number of halogens is 1. The third-order valence-corrected chi connectivity index (χ3v) is 4.83. The van der Waals surface area contributed by atoms with Crippen LogP contribution in [0.3, 0.4) is 0 Å². The molecule has 0 spiro atoms. The number of carbonyl (C=O) groups is 2. The highest BCUT2D eigenvalue weighted by atomic mass is 79.9. The highest BCUT2D eigenvalue weighted by Crippen LogP contribution is 2.24. The lowest BCUT2D eigenvalue weighted by Crippen LogP contribution is -2.58. The Hall–Kier alpha value is -2.38. The Morgan fingerprint density at radius 2 is 1.85 bits per heavy atom. The molecule has 0 bridgehead atoms. The number of rotatable bonds is 3. The van der Waals surface area contributed by atoms with Crippen molar-refractivity contribution in [2.75, 3.05) is 4.90 Å². The first-order chi connectivity index (χ1) is 12.4. The molecular formula is C19H16BrN3O2S. The summed E-state index contributed by atoms with van der Waals surface area (Å²) in [5.74, 6) is -1.93. The lowest BCUT2D eigenvalue weighted by atomic mass is 10.1. The number of amides is 2. The van der Waals surface area contributed by atoms with Crippen LogP contribution >= 0.6 is 28.1 Å². The Balaban J connectivity index is 1.91. The summed E-state index contributed by atoms with van der Waals surface area (Å²) in [4.78, 5) is 30.9. The smallest absolute Gasteiger partial charge is 0.251 e. The number of thiocarbonyl (C=S) groups is 1. The number of anilines is 1. The first kappa shape index (κ1) is 18.4. The fraction of sp³-hybridized carbons (Fsp3) is 0.158. The van der Waals surface area contributed by atoms with E-state index in [0.29, 0.717) is 5.69 Å². The number of hydrogen-bond donors (Lipinski definition) is 1. The standard InChI is InChI=1S/C19H16BrN3O2S/c1-11-3-4-12(2)16(9-11)21-10-15-17(24)22-19(26)23(18(15)25)14-7-5-13(20)6-8-14/h3-10,15H,1-2H3,(H,22,24,26)/t15-/m1/s1. The van der Waals surface area contributed by atoms with Gasteiger partial charge >= 0.3 is 0 Å². The van der Waals surface area contributed by atoms with Gasteiger partial charge in [0.15, 0.2) is 11.0 Å². The van der Waals surface area contributed by atoms with Crippen molar-refractivity contribution in [3.05, 3.63) is 58.1 Å². The molecule has 1 N–H and O–H groups in total. The summed E-state index contributed by atoms with van der Waals surface area (Å²) in [5, 5.41) is 2.65. The number of nitrogens with one attached hydrogen (secondary N) is 1. The molecule has 7 heteroatoms. The van der Waals surface area contributed by atoms with Crippen molar-refractivity contribution in [3.8, 4) is 0 Å². The molecule has 132 valence electrons. The summed E-state index contributed by atoms with van der Waals surface area (Å²) in [6.07, 6.45) is 1.38. The number of hydrogen-bond acceptors (Lipinski definition) is 4. The van der Waals surface area contributed by atoms with Crippen molar-refractivity contribution in [3.63, 3.8) is 0 Å². The van der Waals surface area contributed by atoms with Gasteiger partial charge in [-0.15, -0.1) is 0 Å². The van der Waals surface area contributed by atoms with Crippen LogP contribution in [0, 0.1) is 19.8 Å². The zero-order valence-corrected chi connectivity index (χ0v) is 16.6. The third kappa shape index (κ3) is 3.73. The molecule has 2 aromatic carbocycles. The fourth-order valence-electron chi connectivity index (χ4n) is 2.57. The lowest BCUT2D eigenvalue weighted by molar-refractivity contribution is -0.130. The van der Waals surface area contributed by atoms with E-state index in [1.807, 2.05) is 32.0 Å². The summed E-state index contributed by atoms with van der Waals surface area (Å²) >= 11 is 8.54. The Kier molecular flexibility index (Phi) is 5.29. The van der Waals surface area contributed by atoms with Crippen molar-refractivity contribution in [2.24, 2.45) is 10.9 Å². The molecule has 0 aromatic heterocycles. The summed E-state index contributed by atoms with van der Waals surface area (Å²) in [7, 11) is 0. The predicted molar refractivity (Wildman–Crippen MR) is 110 cm³/mol.